The third kappa shape index (κ3) is 8.89. The van der Waals surface area contributed by atoms with Crippen LogP contribution in [0.15, 0.2) is 24.3 Å². The van der Waals surface area contributed by atoms with Gasteiger partial charge in [0.05, 0.1) is 6.04 Å². The summed E-state index contributed by atoms with van der Waals surface area (Å²) in [5, 5.41) is 25.8. The molecule has 0 saturated heterocycles. The molecule has 0 bridgehead atoms. The van der Waals surface area contributed by atoms with Crippen molar-refractivity contribution in [3.05, 3.63) is 29.8 Å². The summed E-state index contributed by atoms with van der Waals surface area (Å²) in [6.07, 6.45) is 0.000154. The molecule has 31 heavy (non-hydrogen) atoms. The molecule has 1 rings (SSSR count). The normalized spacial score (nSPS) is 14.6. The van der Waals surface area contributed by atoms with Gasteiger partial charge in [-0.15, -0.1) is 0 Å². The van der Waals surface area contributed by atoms with Crippen molar-refractivity contribution in [2.24, 2.45) is 5.73 Å². The average molecular weight is 491 g/mol. The molecule has 0 aliphatic rings. The zero-order valence-corrected chi connectivity index (χ0v) is 19.1. The molecule has 0 aliphatic carbocycles. The van der Waals surface area contributed by atoms with Gasteiger partial charge in [0, 0.05) is 23.7 Å². The number of carbonyl (C=O) groups excluding carboxylic acids is 3. The molecule has 172 valence electrons. The number of amides is 3. The highest BCUT2D eigenvalue weighted by Gasteiger charge is 2.29. The molecule has 3 amide bonds. The first-order valence-electron chi connectivity index (χ1n) is 9.12. The van der Waals surface area contributed by atoms with Crippen LogP contribution in [-0.4, -0.2) is 75.3 Å². The van der Waals surface area contributed by atoms with Crippen LogP contribution in [0.25, 0.3) is 0 Å². The topological polar surface area (TPSA) is 171 Å². The van der Waals surface area contributed by atoms with E-state index in [9.17, 15) is 24.3 Å². The second-order valence-corrected chi connectivity index (χ2v) is 7.64. The summed E-state index contributed by atoms with van der Waals surface area (Å²) in [5.41, 5.74) is 6.19. The number of carboxylic acid groups (broad SMARTS) is 1. The first-order valence-corrected chi connectivity index (χ1v) is 11.0. The molecule has 0 heterocycles. The predicted octanol–water partition coefficient (Wildman–Crippen LogP) is -1.41. The van der Waals surface area contributed by atoms with E-state index < -0.39 is 47.9 Å². The Hall–Kier alpha value is -2.09. The minimum absolute atomic E-state index is 0.000154. The smallest absolute Gasteiger partial charge is 0.327 e. The van der Waals surface area contributed by atoms with Crippen molar-refractivity contribution in [2.45, 2.75) is 30.6 Å². The van der Waals surface area contributed by atoms with Crippen molar-refractivity contribution in [2.75, 3.05) is 17.3 Å². The van der Waals surface area contributed by atoms with Gasteiger partial charge in [0.1, 0.15) is 23.9 Å². The minimum Gasteiger partial charge on any atom is -0.508 e. The minimum atomic E-state index is -1.28. The number of phenols is 1. The van der Waals surface area contributed by atoms with Crippen LogP contribution >= 0.6 is 37.9 Å². The summed E-state index contributed by atoms with van der Waals surface area (Å²) in [5.74, 6) is -3.47. The van der Waals surface area contributed by atoms with Crippen LogP contribution in [0.3, 0.4) is 0 Å². The van der Waals surface area contributed by atoms with Crippen LogP contribution in [-0.2, 0) is 25.6 Å². The van der Waals surface area contributed by atoms with E-state index >= 15 is 0 Å². The summed E-state index contributed by atoms with van der Waals surface area (Å²) >= 11 is 11.9. The highest BCUT2D eigenvalue weighted by molar-refractivity contribution is 7.80. The second kappa shape index (κ2) is 13.3. The first-order chi connectivity index (χ1) is 14.6. The zero-order valence-electron chi connectivity index (χ0n) is 16.4. The molecule has 0 aliphatic heterocycles. The van der Waals surface area contributed by atoms with Crippen LogP contribution in [0.4, 0.5) is 0 Å². The zero-order chi connectivity index (χ0) is 23.6. The Labute approximate surface area is 195 Å². The molecule has 0 saturated carbocycles. The fraction of sp³-hybridized carbons (Fsp3) is 0.444. The van der Waals surface area contributed by atoms with Crippen molar-refractivity contribution in [1.29, 1.82) is 0 Å². The van der Waals surface area contributed by atoms with Gasteiger partial charge >= 0.3 is 5.97 Å². The van der Waals surface area contributed by atoms with E-state index in [1.54, 1.807) is 12.1 Å². The number of thiol groups is 3. The van der Waals surface area contributed by atoms with E-state index in [0.717, 1.165) is 0 Å². The van der Waals surface area contributed by atoms with Gasteiger partial charge in [0.25, 0.3) is 0 Å². The van der Waals surface area contributed by atoms with Crippen molar-refractivity contribution in [3.8, 4) is 5.75 Å². The molecule has 10 nitrogen and oxygen atoms in total. The van der Waals surface area contributed by atoms with Crippen molar-refractivity contribution < 1.29 is 29.4 Å². The van der Waals surface area contributed by atoms with Crippen LogP contribution in [0.5, 0.6) is 5.75 Å². The van der Waals surface area contributed by atoms with E-state index in [1.807, 2.05) is 0 Å². The lowest BCUT2D eigenvalue weighted by molar-refractivity contribution is -0.141. The number of rotatable bonds is 12. The lowest BCUT2D eigenvalue weighted by Gasteiger charge is -2.24. The third-order valence-electron chi connectivity index (χ3n) is 4.16. The van der Waals surface area contributed by atoms with E-state index in [2.05, 4.69) is 53.8 Å². The van der Waals surface area contributed by atoms with Gasteiger partial charge in [-0.3, -0.25) is 14.4 Å². The van der Waals surface area contributed by atoms with Crippen molar-refractivity contribution in [3.63, 3.8) is 0 Å². The number of carbonyl (C=O) groups is 4. The summed E-state index contributed by atoms with van der Waals surface area (Å²) in [6.45, 7) is 0. The highest BCUT2D eigenvalue weighted by Crippen LogP contribution is 2.12. The molecule has 0 spiro atoms. The summed E-state index contributed by atoms with van der Waals surface area (Å²) in [7, 11) is 0. The standard InChI is InChI=1S/C18H26N4O6S3/c19-11(6-29)15(24)21-13(7-30)17(26)20-12(5-9-1-3-10(23)4-2-9)16(25)22-14(8-31)18(27)28/h1-4,11-14,23,29-31H,5-8,19H2,(H,20,26)(H,21,24)(H,22,25)(H,27,28). The van der Waals surface area contributed by atoms with Crippen LogP contribution < -0.4 is 21.7 Å². The Bertz CT molecular complexity index is 780. The molecule has 4 atom stereocenters. The maximum absolute atomic E-state index is 12.7. The monoisotopic (exact) mass is 490 g/mol. The Balaban J connectivity index is 3.01. The first kappa shape index (κ1) is 26.9. The van der Waals surface area contributed by atoms with E-state index in [4.69, 9.17) is 10.8 Å². The molecule has 0 radical (unpaired) electrons. The van der Waals surface area contributed by atoms with Crippen LogP contribution in [0.2, 0.25) is 0 Å². The van der Waals surface area contributed by atoms with Crippen molar-refractivity contribution in [1.82, 2.24) is 16.0 Å². The molecule has 4 unspecified atom stereocenters. The number of carboxylic acids is 1. The Morgan fingerprint density at radius 3 is 1.77 bits per heavy atom. The summed E-state index contributed by atoms with van der Waals surface area (Å²) in [6, 6.07) is 1.49. The van der Waals surface area contributed by atoms with Gasteiger partial charge in [0.2, 0.25) is 17.7 Å². The van der Waals surface area contributed by atoms with Gasteiger partial charge in [-0.05, 0) is 17.7 Å². The fourth-order valence-corrected chi connectivity index (χ4v) is 3.03. The molecular weight excluding hydrogens is 464 g/mol. The lowest BCUT2D eigenvalue weighted by Crippen LogP contribution is -2.58. The molecule has 0 aromatic heterocycles. The number of hydrogen-bond donors (Lipinski definition) is 9. The average Bonchev–Trinajstić information content (AvgIpc) is 2.75. The molecule has 13 heteroatoms. The predicted molar refractivity (Wildman–Crippen MR) is 125 cm³/mol. The molecular formula is C18H26N4O6S3. The highest BCUT2D eigenvalue weighted by atomic mass is 32.1. The number of phenolic OH excluding ortho intramolecular Hbond substituents is 1. The number of aliphatic carboxylic acids is 1. The van der Waals surface area contributed by atoms with Gasteiger partial charge < -0.3 is 31.9 Å². The third-order valence-corrected chi connectivity index (χ3v) is 5.28. The van der Waals surface area contributed by atoms with Gasteiger partial charge in [-0.1, -0.05) is 12.1 Å². The maximum atomic E-state index is 12.7. The van der Waals surface area contributed by atoms with Crippen LogP contribution in [0.1, 0.15) is 5.56 Å². The van der Waals surface area contributed by atoms with E-state index in [1.165, 1.54) is 12.1 Å². The van der Waals surface area contributed by atoms with Gasteiger partial charge in [-0.25, -0.2) is 4.79 Å². The Morgan fingerprint density at radius 1 is 0.806 bits per heavy atom. The fourth-order valence-electron chi connectivity index (χ4n) is 2.36. The molecule has 1 aromatic carbocycles. The second-order valence-electron chi connectivity index (χ2n) is 6.55. The summed E-state index contributed by atoms with van der Waals surface area (Å²) < 4.78 is 0. The molecule has 1 aromatic rings. The number of nitrogens with two attached hydrogens (primary N) is 1. The Kier molecular flexibility index (Phi) is 11.6. The number of aromatic hydroxyl groups is 1. The van der Waals surface area contributed by atoms with Gasteiger partial charge in [0.15, 0.2) is 0 Å². The van der Waals surface area contributed by atoms with Crippen LogP contribution in [0, 0.1) is 0 Å². The molecule has 7 N–H and O–H groups in total. The SMILES string of the molecule is NC(CS)C(=O)NC(CS)C(=O)NC(Cc1ccc(O)cc1)C(=O)NC(CS)C(=O)O. The number of benzene rings is 1. The lowest BCUT2D eigenvalue weighted by atomic mass is 10.0. The number of hydrogen-bond acceptors (Lipinski definition) is 9. The van der Waals surface area contributed by atoms with Crippen molar-refractivity contribution >= 4 is 61.6 Å². The Morgan fingerprint density at radius 2 is 1.29 bits per heavy atom. The molecule has 0 fully saturated rings. The van der Waals surface area contributed by atoms with E-state index in [0.29, 0.717) is 5.56 Å². The number of nitrogens with one attached hydrogen (secondary N) is 3. The summed E-state index contributed by atoms with van der Waals surface area (Å²) in [4.78, 5) is 48.6. The quantitative estimate of drug-likeness (QED) is 0.162. The maximum Gasteiger partial charge on any atom is 0.327 e. The van der Waals surface area contributed by atoms with E-state index in [-0.39, 0.29) is 29.4 Å². The van der Waals surface area contributed by atoms with Gasteiger partial charge in [-0.2, -0.15) is 37.9 Å². The largest absolute Gasteiger partial charge is 0.508 e.